The van der Waals surface area contributed by atoms with Crippen molar-refractivity contribution in [3.05, 3.63) is 48.0 Å². The van der Waals surface area contributed by atoms with Gasteiger partial charge in [-0.2, -0.15) is 0 Å². The van der Waals surface area contributed by atoms with Crippen LogP contribution in [0.2, 0.25) is 0 Å². The molecule has 0 radical (unpaired) electrons. The number of piperidine rings is 1. The van der Waals surface area contributed by atoms with Crippen LogP contribution in [-0.4, -0.2) is 44.7 Å². The van der Waals surface area contributed by atoms with Gasteiger partial charge in [-0.25, -0.2) is 4.79 Å². The summed E-state index contributed by atoms with van der Waals surface area (Å²) in [6.45, 7) is 2.07. The highest BCUT2D eigenvalue weighted by Crippen LogP contribution is 2.16. The van der Waals surface area contributed by atoms with Gasteiger partial charge in [0.25, 0.3) is 0 Å². The smallest absolute Gasteiger partial charge is 0.314 e. The number of rotatable bonds is 6. The summed E-state index contributed by atoms with van der Waals surface area (Å²) in [5.41, 5.74) is 6.56. The van der Waals surface area contributed by atoms with Crippen molar-refractivity contribution < 1.29 is 9.59 Å². The molecular weight excluding hydrogens is 332 g/mol. The summed E-state index contributed by atoms with van der Waals surface area (Å²) in [5.74, 6) is 0.419. The molecular formula is C18H24N6O2. The molecule has 3 amide bonds. The zero-order valence-electron chi connectivity index (χ0n) is 14.7. The fourth-order valence-corrected chi connectivity index (χ4v) is 3.20. The predicted octanol–water partition coefficient (Wildman–Crippen LogP) is 0.928. The molecule has 2 heterocycles. The number of aryl methyl sites for hydroxylation is 2. The lowest BCUT2D eigenvalue weighted by Crippen LogP contribution is -2.47. The second-order valence-electron chi connectivity index (χ2n) is 6.52. The van der Waals surface area contributed by atoms with Gasteiger partial charge in [-0.05, 0) is 24.8 Å². The highest BCUT2D eigenvalue weighted by atomic mass is 16.2. The normalized spacial score (nSPS) is 17.1. The first-order chi connectivity index (χ1) is 12.6. The van der Waals surface area contributed by atoms with Crippen LogP contribution in [0.25, 0.3) is 0 Å². The fraction of sp³-hybridized carbons (Fsp3) is 0.444. The molecule has 138 valence electrons. The highest BCUT2D eigenvalue weighted by Gasteiger charge is 2.27. The summed E-state index contributed by atoms with van der Waals surface area (Å²) in [6, 6.07) is 9.72. The molecule has 1 saturated heterocycles. The van der Waals surface area contributed by atoms with Crippen molar-refractivity contribution in [2.75, 3.05) is 13.1 Å². The summed E-state index contributed by atoms with van der Waals surface area (Å²) in [7, 11) is 0. The van der Waals surface area contributed by atoms with E-state index < -0.39 is 6.03 Å². The van der Waals surface area contributed by atoms with Gasteiger partial charge in [0.2, 0.25) is 5.91 Å². The third-order valence-corrected chi connectivity index (χ3v) is 4.70. The van der Waals surface area contributed by atoms with Gasteiger partial charge in [0.05, 0.1) is 12.5 Å². The van der Waals surface area contributed by atoms with Crippen molar-refractivity contribution in [1.29, 1.82) is 0 Å². The molecule has 2 aromatic rings. The van der Waals surface area contributed by atoms with Crippen LogP contribution in [-0.2, 0) is 24.3 Å². The molecule has 1 fully saturated rings. The lowest BCUT2D eigenvalue weighted by atomic mass is 9.97. The van der Waals surface area contributed by atoms with E-state index >= 15 is 0 Å². The number of hydrogen-bond acceptors (Lipinski definition) is 4. The molecule has 26 heavy (non-hydrogen) atoms. The molecule has 0 bridgehead atoms. The summed E-state index contributed by atoms with van der Waals surface area (Å²) in [4.78, 5) is 25.2. The Morgan fingerprint density at radius 2 is 2.08 bits per heavy atom. The molecule has 0 aliphatic carbocycles. The third kappa shape index (κ3) is 4.59. The van der Waals surface area contributed by atoms with Gasteiger partial charge in [-0.1, -0.05) is 30.3 Å². The molecule has 1 aliphatic heterocycles. The lowest BCUT2D eigenvalue weighted by molar-refractivity contribution is -0.126. The number of nitrogens with two attached hydrogens (primary N) is 1. The van der Waals surface area contributed by atoms with Crippen molar-refractivity contribution in [3.8, 4) is 0 Å². The summed E-state index contributed by atoms with van der Waals surface area (Å²) >= 11 is 0. The van der Waals surface area contributed by atoms with Gasteiger partial charge in [0.15, 0.2) is 5.82 Å². The van der Waals surface area contributed by atoms with E-state index in [4.69, 9.17) is 5.73 Å². The standard InChI is InChI=1S/C18H24N6O2/c19-18(26)23-9-4-7-15(12-23)17(25)20-11-16-22-21-13-24(16)10-8-14-5-2-1-3-6-14/h1-3,5-6,13,15H,4,7-12H2,(H2,19,26)(H,20,25)/t15-/m1/s1. The average Bonchev–Trinajstić information content (AvgIpc) is 3.12. The van der Waals surface area contributed by atoms with E-state index in [2.05, 4.69) is 27.6 Å². The number of urea groups is 1. The van der Waals surface area contributed by atoms with Crippen molar-refractivity contribution in [1.82, 2.24) is 25.0 Å². The van der Waals surface area contributed by atoms with Crippen molar-refractivity contribution in [3.63, 3.8) is 0 Å². The second kappa shape index (κ2) is 8.46. The van der Waals surface area contributed by atoms with Gasteiger partial charge >= 0.3 is 6.03 Å². The Kier molecular flexibility index (Phi) is 5.83. The van der Waals surface area contributed by atoms with E-state index in [0.29, 0.717) is 19.6 Å². The number of carbonyl (C=O) groups excluding carboxylic acids is 2. The molecule has 8 nitrogen and oxygen atoms in total. The van der Waals surface area contributed by atoms with Crippen molar-refractivity contribution in [2.24, 2.45) is 11.7 Å². The average molecular weight is 356 g/mol. The Morgan fingerprint density at radius 3 is 2.85 bits per heavy atom. The number of carbonyl (C=O) groups is 2. The first-order valence-electron chi connectivity index (χ1n) is 8.86. The topological polar surface area (TPSA) is 106 Å². The number of nitrogens with one attached hydrogen (secondary N) is 1. The van der Waals surface area contributed by atoms with E-state index in [1.165, 1.54) is 10.5 Å². The van der Waals surface area contributed by atoms with Crippen LogP contribution in [0, 0.1) is 5.92 Å². The van der Waals surface area contributed by atoms with Crippen LogP contribution < -0.4 is 11.1 Å². The van der Waals surface area contributed by atoms with Crippen LogP contribution in [0.15, 0.2) is 36.7 Å². The molecule has 3 rings (SSSR count). The molecule has 0 spiro atoms. The van der Waals surface area contributed by atoms with E-state index in [1.54, 1.807) is 6.33 Å². The Bertz CT molecular complexity index is 745. The van der Waals surface area contributed by atoms with Gasteiger partial charge in [0.1, 0.15) is 6.33 Å². The Balaban J connectivity index is 1.51. The molecule has 1 aromatic heterocycles. The highest BCUT2D eigenvalue weighted by molar-refractivity contribution is 5.80. The first kappa shape index (κ1) is 17.9. The van der Waals surface area contributed by atoms with Crippen LogP contribution in [0.5, 0.6) is 0 Å². The minimum atomic E-state index is -0.469. The monoisotopic (exact) mass is 356 g/mol. The van der Waals surface area contributed by atoms with E-state index in [-0.39, 0.29) is 11.8 Å². The van der Waals surface area contributed by atoms with Crippen LogP contribution in [0.3, 0.4) is 0 Å². The summed E-state index contributed by atoms with van der Waals surface area (Å²) < 4.78 is 1.95. The second-order valence-corrected chi connectivity index (χ2v) is 6.52. The third-order valence-electron chi connectivity index (χ3n) is 4.70. The van der Waals surface area contributed by atoms with Gasteiger partial charge in [-0.15, -0.1) is 10.2 Å². The lowest BCUT2D eigenvalue weighted by Gasteiger charge is -2.30. The van der Waals surface area contributed by atoms with Crippen LogP contribution >= 0.6 is 0 Å². The fourth-order valence-electron chi connectivity index (χ4n) is 3.20. The molecule has 1 aromatic carbocycles. The predicted molar refractivity (Wildman–Crippen MR) is 95.9 cm³/mol. The SMILES string of the molecule is NC(=O)N1CCC[C@@H](C(=O)NCc2nncn2CCc2ccccc2)C1. The quantitative estimate of drug-likeness (QED) is 0.803. The van der Waals surface area contributed by atoms with Crippen molar-refractivity contribution in [2.45, 2.75) is 32.4 Å². The largest absolute Gasteiger partial charge is 0.351 e. The minimum Gasteiger partial charge on any atom is -0.351 e. The van der Waals surface area contributed by atoms with E-state index in [1.807, 2.05) is 22.8 Å². The molecule has 3 N–H and O–H groups in total. The zero-order chi connectivity index (χ0) is 18.4. The maximum Gasteiger partial charge on any atom is 0.314 e. The molecule has 1 atom stereocenters. The van der Waals surface area contributed by atoms with Crippen LogP contribution in [0.4, 0.5) is 4.79 Å². The van der Waals surface area contributed by atoms with Crippen molar-refractivity contribution >= 4 is 11.9 Å². The van der Waals surface area contributed by atoms with Gasteiger partial charge < -0.3 is 20.5 Å². The number of amides is 3. The summed E-state index contributed by atoms with van der Waals surface area (Å²) in [6.07, 6.45) is 4.10. The number of hydrogen-bond donors (Lipinski definition) is 2. The maximum absolute atomic E-state index is 12.4. The van der Waals surface area contributed by atoms with Crippen LogP contribution in [0.1, 0.15) is 24.2 Å². The minimum absolute atomic E-state index is 0.0754. The molecule has 0 unspecified atom stereocenters. The Labute approximate surface area is 152 Å². The first-order valence-corrected chi connectivity index (χ1v) is 8.86. The molecule has 8 heteroatoms. The Hall–Kier alpha value is -2.90. The van der Waals surface area contributed by atoms with Gasteiger partial charge in [-0.3, -0.25) is 4.79 Å². The number of primary amides is 1. The number of likely N-dealkylation sites (tertiary alicyclic amines) is 1. The number of nitrogens with zero attached hydrogens (tertiary/aromatic N) is 4. The number of benzene rings is 1. The van der Waals surface area contributed by atoms with Gasteiger partial charge in [0, 0.05) is 19.6 Å². The van der Waals surface area contributed by atoms with E-state index in [0.717, 1.165) is 31.6 Å². The maximum atomic E-state index is 12.4. The van der Waals surface area contributed by atoms with E-state index in [9.17, 15) is 9.59 Å². The number of aromatic nitrogens is 3. The summed E-state index contributed by atoms with van der Waals surface area (Å²) in [5, 5.41) is 11.0. The molecule has 1 aliphatic rings. The Morgan fingerprint density at radius 1 is 1.27 bits per heavy atom. The molecule has 0 saturated carbocycles. The zero-order valence-corrected chi connectivity index (χ0v) is 14.7.